The molecule has 0 saturated carbocycles. The van der Waals surface area contributed by atoms with Crippen LogP contribution in [0.2, 0.25) is 0 Å². The lowest BCUT2D eigenvalue weighted by Crippen LogP contribution is -2.68. The van der Waals surface area contributed by atoms with Crippen LogP contribution in [-0.4, -0.2) is 41.7 Å². The molecular weight excluding hydrogens is 202 g/mol. The highest BCUT2D eigenvalue weighted by atomic mass is 32.2. The summed E-state index contributed by atoms with van der Waals surface area (Å²) in [5.74, 6) is -0.446. The summed E-state index contributed by atoms with van der Waals surface area (Å²) in [5, 5.41) is 3.07. The molecule has 1 fully saturated rings. The minimum atomic E-state index is -0.438. The Bertz CT molecular complexity index is 294. The van der Waals surface area contributed by atoms with Crippen molar-refractivity contribution in [3.63, 3.8) is 0 Å². The van der Waals surface area contributed by atoms with Gasteiger partial charge in [-0.15, -0.1) is 0 Å². The molecule has 2 rings (SSSR count). The van der Waals surface area contributed by atoms with Gasteiger partial charge in [0.05, 0.1) is 0 Å². The normalized spacial score (nSPS) is 24.2. The molecule has 6 heteroatoms. The van der Waals surface area contributed by atoms with Gasteiger partial charge in [-0.1, -0.05) is 11.9 Å². The van der Waals surface area contributed by atoms with Gasteiger partial charge in [-0.2, -0.15) is 0 Å². The van der Waals surface area contributed by atoms with Gasteiger partial charge in [-0.05, 0) is 7.05 Å². The molecule has 2 N–H and O–H groups in total. The summed E-state index contributed by atoms with van der Waals surface area (Å²) in [5.41, 5.74) is 0. The van der Waals surface area contributed by atoms with Crippen LogP contribution in [0.4, 0.5) is 0 Å². The third-order valence-corrected chi connectivity index (χ3v) is 3.37. The van der Waals surface area contributed by atoms with E-state index < -0.39 is 4.87 Å². The van der Waals surface area contributed by atoms with Crippen LogP contribution < -0.4 is 10.0 Å². The van der Waals surface area contributed by atoms with Crippen molar-refractivity contribution >= 4 is 23.8 Å². The van der Waals surface area contributed by atoms with E-state index in [1.165, 1.54) is 29.0 Å². The van der Waals surface area contributed by atoms with Crippen LogP contribution in [0.3, 0.4) is 0 Å². The number of hydrogen-bond donors (Lipinski definition) is 2. The van der Waals surface area contributed by atoms with Gasteiger partial charge in [0, 0.05) is 25.2 Å². The van der Waals surface area contributed by atoms with Crippen LogP contribution in [-0.2, 0) is 9.59 Å². The predicted octanol–water partition coefficient (Wildman–Crippen LogP) is -0.921. The van der Waals surface area contributed by atoms with Crippen molar-refractivity contribution in [2.75, 3.05) is 20.1 Å². The van der Waals surface area contributed by atoms with Gasteiger partial charge in [-0.3, -0.25) is 19.2 Å². The molecular formula is C8H11N3O2S. The third-order valence-electron chi connectivity index (χ3n) is 2.31. The second-order valence-corrected chi connectivity index (χ2v) is 4.57. The number of carbonyl (C=O) groups is 2. The zero-order chi connectivity index (χ0) is 10.2. The van der Waals surface area contributed by atoms with E-state index in [0.29, 0.717) is 13.1 Å². The third kappa shape index (κ3) is 1.26. The molecule has 0 aliphatic carbocycles. The van der Waals surface area contributed by atoms with Crippen LogP contribution >= 0.6 is 11.9 Å². The zero-order valence-corrected chi connectivity index (χ0v) is 8.56. The summed E-state index contributed by atoms with van der Waals surface area (Å²) in [6, 6.07) is 0. The van der Waals surface area contributed by atoms with Crippen LogP contribution in [0.25, 0.3) is 0 Å². The van der Waals surface area contributed by atoms with Crippen molar-refractivity contribution in [1.29, 1.82) is 0 Å². The molecule has 2 amide bonds. The van der Waals surface area contributed by atoms with E-state index in [2.05, 4.69) is 10.0 Å². The number of carbonyl (C=O) groups excluding carboxylic acids is 2. The molecule has 0 radical (unpaired) electrons. The Morgan fingerprint density at radius 3 is 2.36 bits per heavy atom. The summed E-state index contributed by atoms with van der Waals surface area (Å²) in [6.45, 7) is 1.27. The molecule has 0 aromatic heterocycles. The number of nitrogens with one attached hydrogen (secondary N) is 2. The largest absolute Gasteiger partial charge is 0.310 e. The number of nitrogens with zero attached hydrogens (tertiary/aromatic N) is 1. The highest BCUT2D eigenvalue weighted by Gasteiger charge is 2.49. The molecule has 0 aromatic rings. The second-order valence-electron chi connectivity index (χ2n) is 3.20. The van der Waals surface area contributed by atoms with Gasteiger partial charge < -0.3 is 5.32 Å². The summed E-state index contributed by atoms with van der Waals surface area (Å²) in [7, 11) is 1.78. The van der Waals surface area contributed by atoms with Crippen LogP contribution in [0.15, 0.2) is 12.2 Å². The molecule has 76 valence electrons. The van der Waals surface area contributed by atoms with E-state index >= 15 is 0 Å². The average molecular weight is 213 g/mol. The molecule has 0 unspecified atom stereocenters. The zero-order valence-electron chi connectivity index (χ0n) is 7.74. The highest BCUT2D eigenvalue weighted by molar-refractivity contribution is 7.98. The quantitative estimate of drug-likeness (QED) is 0.469. The van der Waals surface area contributed by atoms with E-state index in [9.17, 15) is 9.59 Å². The summed E-state index contributed by atoms with van der Waals surface area (Å²) >= 11 is 1.40. The maximum atomic E-state index is 11.4. The maximum Gasteiger partial charge on any atom is 0.254 e. The Kier molecular flexibility index (Phi) is 2.34. The molecule has 2 aliphatic rings. The van der Waals surface area contributed by atoms with Gasteiger partial charge in [0.1, 0.15) is 4.87 Å². The Labute approximate surface area is 86.0 Å². The summed E-state index contributed by atoms with van der Waals surface area (Å²) in [6.07, 6.45) is 2.64. The van der Waals surface area contributed by atoms with E-state index in [-0.39, 0.29) is 11.8 Å². The van der Waals surface area contributed by atoms with E-state index in [0.717, 1.165) is 0 Å². The Morgan fingerprint density at radius 2 is 2.00 bits per heavy atom. The van der Waals surface area contributed by atoms with Crippen molar-refractivity contribution in [3.8, 4) is 0 Å². The molecule has 1 saturated heterocycles. The maximum absolute atomic E-state index is 11.4. The lowest BCUT2D eigenvalue weighted by Gasteiger charge is -2.46. The monoisotopic (exact) mass is 213 g/mol. The van der Waals surface area contributed by atoms with Gasteiger partial charge in [-0.25, -0.2) is 0 Å². The first-order valence-corrected chi connectivity index (χ1v) is 5.13. The first kappa shape index (κ1) is 9.70. The molecule has 0 bridgehead atoms. The molecule has 2 aliphatic heterocycles. The molecule has 0 spiro atoms. The van der Waals surface area contributed by atoms with Crippen molar-refractivity contribution in [2.24, 2.45) is 0 Å². The van der Waals surface area contributed by atoms with Gasteiger partial charge in [0.25, 0.3) is 11.8 Å². The van der Waals surface area contributed by atoms with Gasteiger partial charge in [0.15, 0.2) is 0 Å². The molecule has 5 nitrogen and oxygen atoms in total. The Morgan fingerprint density at radius 1 is 1.43 bits per heavy atom. The Balaban J connectivity index is 2.20. The lowest BCUT2D eigenvalue weighted by atomic mass is 10.1. The fourth-order valence-corrected chi connectivity index (χ4v) is 2.61. The summed E-state index contributed by atoms with van der Waals surface area (Å²) < 4.78 is 2.93. The lowest BCUT2D eigenvalue weighted by molar-refractivity contribution is -0.142. The van der Waals surface area contributed by atoms with Crippen LogP contribution in [0.1, 0.15) is 0 Å². The number of imide groups is 1. The van der Waals surface area contributed by atoms with Crippen molar-refractivity contribution in [1.82, 2.24) is 14.9 Å². The fraction of sp³-hybridized carbons (Fsp3) is 0.500. The predicted molar refractivity (Wildman–Crippen MR) is 53.2 cm³/mol. The molecule has 0 atom stereocenters. The van der Waals surface area contributed by atoms with E-state index in [4.69, 9.17) is 0 Å². The first-order chi connectivity index (χ1) is 6.69. The second kappa shape index (κ2) is 3.38. The highest BCUT2D eigenvalue weighted by Crippen LogP contribution is 2.33. The number of amides is 2. The standard InChI is InChI=1S/C8H11N3O2S/c1-9-14-8(4-10-5-8)11-6(12)2-3-7(11)13/h2-3,9-10H,4-5H2,1H3. The van der Waals surface area contributed by atoms with Gasteiger partial charge in [0.2, 0.25) is 0 Å². The number of rotatable bonds is 3. The average Bonchev–Trinajstić information content (AvgIpc) is 2.41. The van der Waals surface area contributed by atoms with Crippen molar-refractivity contribution in [2.45, 2.75) is 4.87 Å². The Hall–Kier alpha value is -0.850. The fourth-order valence-electron chi connectivity index (χ4n) is 1.61. The SMILES string of the molecule is CNSC1(N2C(=O)C=CC2=O)CNC1. The minimum Gasteiger partial charge on any atom is -0.310 e. The van der Waals surface area contributed by atoms with E-state index in [1.807, 2.05) is 0 Å². The van der Waals surface area contributed by atoms with Crippen molar-refractivity contribution in [3.05, 3.63) is 12.2 Å². The molecule has 14 heavy (non-hydrogen) atoms. The smallest absolute Gasteiger partial charge is 0.254 e. The van der Waals surface area contributed by atoms with Gasteiger partial charge >= 0.3 is 0 Å². The van der Waals surface area contributed by atoms with Crippen LogP contribution in [0.5, 0.6) is 0 Å². The topological polar surface area (TPSA) is 61.4 Å². The van der Waals surface area contributed by atoms with Crippen LogP contribution in [0, 0.1) is 0 Å². The first-order valence-electron chi connectivity index (χ1n) is 4.31. The molecule has 2 heterocycles. The summed E-state index contributed by atoms with van der Waals surface area (Å²) in [4.78, 5) is 23.8. The minimum absolute atomic E-state index is 0.223. The van der Waals surface area contributed by atoms with Crippen molar-refractivity contribution < 1.29 is 9.59 Å². The molecule has 0 aromatic carbocycles. The number of hydrogen-bond acceptors (Lipinski definition) is 5. The van der Waals surface area contributed by atoms with E-state index in [1.54, 1.807) is 7.05 Å².